The van der Waals surface area contributed by atoms with Gasteiger partial charge in [-0.3, -0.25) is 0 Å². The molecule has 6 rings (SSSR count). The molecular weight excluding hydrogens is 356 g/mol. The van der Waals surface area contributed by atoms with E-state index in [1.54, 1.807) is 4.90 Å². The highest BCUT2D eigenvalue weighted by atomic mass is 15.3. The standard InChI is InChI=1S/C25H22N4/c1-3-18-5-6-20-7-8-21(22-10-9-19(4-1)23(18)24(20)22)17-28-13-15-29(16-14-28)25-26-11-2-12-27-25/h1-12H,13-17H2/p+1. The molecular formula is C25H23N4+. The van der Waals surface area contributed by atoms with E-state index in [9.17, 15) is 0 Å². The molecule has 142 valence electrons. The number of quaternary nitrogens is 1. The minimum absolute atomic E-state index is 0.856. The number of anilines is 1. The van der Waals surface area contributed by atoms with Crippen LogP contribution in [0.15, 0.2) is 73.1 Å². The van der Waals surface area contributed by atoms with E-state index in [0.717, 1.165) is 38.7 Å². The first-order valence-corrected chi connectivity index (χ1v) is 10.4. The Labute approximate surface area is 169 Å². The van der Waals surface area contributed by atoms with E-state index in [2.05, 4.69) is 69.5 Å². The Morgan fingerprint density at radius 3 is 2.14 bits per heavy atom. The molecule has 0 radical (unpaired) electrons. The molecule has 1 saturated heterocycles. The lowest BCUT2D eigenvalue weighted by Crippen LogP contribution is -3.13. The zero-order valence-electron chi connectivity index (χ0n) is 16.3. The van der Waals surface area contributed by atoms with Gasteiger partial charge in [0.05, 0.1) is 26.2 Å². The molecule has 0 amide bonds. The summed E-state index contributed by atoms with van der Waals surface area (Å²) in [6.07, 6.45) is 3.65. The summed E-state index contributed by atoms with van der Waals surface area (Å²) in [7, 11) is 0. The summed E-state index contributed by atoms with van der Waals surface area (Å²) in [6, 6.07) is 22.2. The van der Waals surface area contributed by atoms with Gasteiger partial charge in [0.25, 0.3) is 0 Å². The average molecular weight is 379 g/mol. The fourth-order valence-corrected chi connectivity index (χ4v) is 4.87. The van der Waals surface area contributed by atoms with Crippen molar-refractivity contribution in [3.63, 3.8) is 0 Å². The van der Waals surface area contributed by atoms with Crippen molar-refractivity contribution in [2.45, 2.75) is 6.54 Å². The number of hydrogen-bond donors (Lipinski definition) is 1. The Morgan fingerprint density at radius 1 is 0.724 bits per heavy atom. The van der Waals surface area contributed by atoms with E-state index < -0.39 is 0 Å². The van der Waals surface area contributed by atoms with Gasteiger partial charge in [-0.1, -0.05) is 54.6 Å². The fourth-order valence-electron chi connectivity index (χ4n) is 4.87. The molecule has 0 atom stereocenters. The highest BCUT2D eigenvalue weighted by Gasteiger charge is 2.22. The molecule has 1 aliphatic heterocycles. The lowest BCUT2D eigenvalue weighted by Gasteiger charge is -2.32. The largest absolute Gasteiger partial charge is 0.330 e. The second-order valence-electron chi connectivity index (χ2n) is 8.04. The molecule has 4 aromatic carbocycles. The Hall–Kier alpha value is -3.24. The van der Waals surface area contributed by atoms with E-state index >= 15 is 0 Å². The summed E-state index contributed by atoms with van der Waals surface area (Å²) >= 11 is 0. The Balaban J connectivity index is 1.31. The molecule has 29 heavy (non-hydrogen) atoms. The van der Waals surface area contributed by atoms with Crippen LogP contribution < -0.4 is 9.80 Å². The van der Waals surface area contributed by atoms with Gasteiger partial charge >= 0.3 is 0 Å². The van der Waals surface area contributed by atoms with Gasteiger partial charge in [-0.2, -0.15) is 0 Å². The number of aromatic nitrogens is 2. The normalized spacial score (nSPS) is 15.7. The molecule has 1 N–H and O–H groups in total. The van der Waals surface area contributed by atoms with Gasteiger partial charge in [0, 0.05) is 18.0 Å². The summed E-state index contributed by atoms with van der Waals surface area (Å²) in [5.74, 6) is 0.856. The van der Waals surface area contributed by atoms with E-state index in [4.69, 9.17) is 0 Å². The maximum absolute atomic E-state index is 4.40. The number of piperazine rings is 1. The van der Waals surface area contributed by atoms with E-state index in [0.29, 0.717) is 0 Å². The monoisotopic (exact) mass is 379 g/mol. The van der Waals surface area contributed by atoms with Gasteiger partial charge in [0.2, 0.25) is 5.95 Å². The fraction of sp³-hybridized carbons (Fsp3) is 0.200. The predicted octanol–water partition coefficient (Wildman–Crippen LogP) is 3.28. The molecule has 1 fully saturated rings. The van der Waals surface area contributed by atoms with Crippen molar-refractivity contribution in [2.75, 3.05) is 31.1 Å². The highest BCUT2D eigenvalue weighted by Crippen LogP contribution is 2.35. The summed E-state index contributed by atoms with van der Waals surface area (Å²) in [4.78, 5) is 12.7. The van der Waals surface area contributed by atoms with Crippen molar-refractivity contribution in [1.82, 2.24) is 9.97 Å². The van der Waals surface area contributed by atoms with Crippen LogP contribution in [0.2, 0.25) is 0 Å². The van der Waals surface area contributed by atoms with Crippen molar-refractivity contribution >= 4 is 38.3 Å². The van der Waals surface area contributed by atoms with Gasteiger partial charge < -0.3 is 9.80 Å². The average Bonchev–Trinajstić information content (AvgIpc) is 2.79. The summed E-state index contributed by atoms with van der Waals surface area (Å²) in [5, 5.41) is 8.25. The Morgan fingerprint density at radius 2 is 1.38 bits per heavy atom. The number of nitrogens with one attached hydrogen (secondary N) is 1. The molecule has 0 spiro atoms. The summed E-state index contributed by atoms with van der Waals surface area (Å²) < 4.78 is 0. The number of benzene rings is 4. The number of rotatable bonds is 3. The smallest absolute Gasteiger partial charge is 0.225 e. The van der Waals surface area contributed by atoms with Crippen molar-refractivity contribution in [2.24, 2.45) is 0 Å². The summed E-state index contributed by atoms with van der Waals surface area (Å²) in [6.45, 7) is 5.30. The lowest BCUT2D eigenvalue weighted by atomic mass is 9.92. The van der Waals surface area contributed by atoms with Crippen LogP contribution in [0, 0.1) is 0 Å². The van der Waals surface area contributed by atoms with E-state index in [1.807, 2.05) is 18.5 Å². The molecule has 5 aromatic rings. The first-order chi connectivity index (χ1) is 14.4. The van der Waals surface area contributed by atoms with Crippen LogP contribution in [-0.4, -0.2) is 36.1 Å². The third kappa shape index (κ3) is 2.79. The quantitative estimate of drug-likeness (QED) is 0.489. The zero-order valence-corrected chi connectivity index (χ0v) is 16.3. The number of nitrogens with zero attached hydrogens (tertiary/aromatic N) is 3. The van der Waals surface area contributed by atoms with Gasteiger partial charge in [0.15, 0.2) is 0 Å². The predicted molar refractivity (Wildman–Crippen MR) is 119 cm³/mol. The molecule has 0 bridgehead atoms. The van der Waals surface area contributed by atoms with Gasteiger partial charge in [-0.15, -0.1) is 0 Å². The molecule has 4 nitrogen and oxygen atoms in total. The maximum Gasteiger partial charge on any atom is 0.225 e. The number of hydrogen-bond acceptors (Lipinski definition) is 3. The molecule has 0 unspecified atom stereocenters. The lowest BCUT2D eigenvalue weighted by molar-refractivity contribution is -0.914. The molecule has 4 heteroatoms. The molecule has 1 aliphatic rings. The van der Waals surface area contributed by atoms with Crippen molar-refractivity contribution in [1.29, 1.82) is 0 Å². The first-order valence-electron chi connectivity index (χ1n) is 10.4. The third-order valence-electron chi connectivity index (χ3n) is 6.36. The van der Waals surface area contributed by atoms with Crippen molar-refractivity contribution < 1.29 is 4.90 Å². The van der Waals surface area contributed by atoms with Gasteiger partial charge in [0.1, 0.15) is 6.54 Å². The maximum atomic E-state index is 4.40. The Bertz CT molecular complexity index is 1270. The second-order valence-corrected chi connectivity index (χ2v) is 8.04. The van der Waals surface area contributed by atoms with Crippen LogP contribution in [0.25, 0.3) is 32.3 Å². The van der Waals surface area contributed by atoms with E-state index in [-0.39, 0.29) is 0 Å². The zero-order chi connectivity index (χ0) is 19.2. The van der Waals surface area contributed by atoms with Crippen LogP contribution in [0.3, 0.4) is 0 Å². The molecule has 0 saturated carbocycles. The van der Waals surface area contributed by atoms with Crippen LogP contribution in [0.4, 0.5) is 5.95 Å². The van der Waals surface area contributed by atoms with Crippen LogP contribution in [-0.2, 0) is 6.54 Å². The molecule has 0 aliphatic carbocycles. The second kappa shape index (κ2) is 6.68. The SMILES string of the molecule is c1cnc(N2CC[NH+](Cc3ccc4ccc5cccc6ccc3c4c56)CC2)nc1. The minimum atomic E-state index is 0.856. The topological polar surface area (TPSA) is 33.5 Å². The highest BCUT2D eigenvalue weighted by molar-refractivity contribution is 6.23. The van der Waals surface area contributed by atoms with Crippen LogP contribution in [0.5, 0.6) is 0 Å². The Kier molecular flexibility index (Phi) is 3.84. The molecule has 1 aromatic heterocycles. The summed E-state index contributed by atoms with van der Waals surface area (Å²) in [5.41, 5.74) is 1.45. The van der Waals surface area contributed by atoms with Crippen molar-refractivity contribution in [3.8, 4) is 0 Å². The van der Waals surface area contributed by atoms with Crippen LogP contribution >= 0.6 is 0 Å². The molecule has 2 heterocycles. The van der Waals surface area contributed by atoms with Crippen molar-refractivity contribution in [3.05, 3.63) is 78.6 Å². The van der Waals surface area contributed by atoms with Gasteiger partial charge in [-0.25, -0.2) is 9.97 Å². The van der Waals surface area contributed by atoms with E-state index in [1.165, 1.54) is 37.9 Å². The first kappa shape index (κ1) is 16.7. The van der Waals surface area contributed by atoms with Crippen LogP contribution in [0.1, 0.15) is 5.56 Å². The van der Waals surface area contributed by atoms with Gasteiger partial charge in [-0.05, 0) is 38.4 Å². The minimum Gasteiger partial charge on any atom is -0.330 e. The third-order valence-corrected chi connectivity index (χ3v) is 6.36.